The molecule has 1 N–H and O–H groups in total. The topological polar surface area (TPSA) is 56.8 Å². The zero-order chi connectivity index (χ0) is 20.3. The summed E-state index contributed by atoms with van der Waals surface area (Å²) in [6, 6.07) is 10.0. The van der Waals surface area contributed by atoms with Crippen LogP contribution in [0.25, 0.3) is 0 Å². The molecule has 2 heterocycles. The minimum absolute atomic E-state index is 0.102. The van der Waals surface area contributed by atoms with E-state index in [1.807, 2.05) is 18.2 Å². The van der Waals surface area contributed by atoms with Crippen LogP contribution in [0, 0.1) is 5.82 Å². The SMILES string of the molecule is O=C(NCCc1cc(Cl)c2c(c1)OCCO2)C1(c2cccc(F)c2)CCOCC1. The van der Waals surface area contributed by atoms with Gasteiger partial charge in [0.1, 0.15) is 19.0 Å². The molecule has 0 spiro atoms. The van der Waals surface area contributed by atoms with E-state index >= 15 is 0 Å². The van der Waals surface area contributed by atoms with E-state index in [0.29, 0.717) is 74.3 Å². The highest BCUT2D eigenvalue weighted by Gasteiger charge is 2.41. The number of nitrogens with one attached hydrogen (secondary N) is 1. The van der Waals surface area contributed by atoms with E-state index in [4.69, 9.17) is 25.8 Å². The molecule has 0 unspecified atom stereocenters. The predicted octanol–water partition coefficient (Wildman–Crippen LogP) is 3.66. The number of halogens is 2. The number of rotatable bonds is 5. The quantitative estimate of drug-likeness (QED) is 0.803. The van der Waals surface area contributed by atoms with Gasteiger partial charge < -0.3 is 19.5 Å². The molecule has 154 valence electrons. The molecule has 2 aliphatic rings. The number of ether oxygens (including phenoxy) is 3. The van der Waals surface area contributed by atoms with Crippen LogP contribution in [0.2, 0.25) is 5.02 Å². The van der Waals surface area contributed by atoms with Gasteiger partial charge in [0.2, 0.25) is 5.91 Å². The fourth-order valence-corrected chi connectivity index (χ4v) is 4.24. The smallest absolute Gasteiger partial charge is 0.230 e. The Labute approximate surface area is 174 Å². The largest absolute Gasteiger partial charge is 0.486 e. The molecule has 0 radical (unpaired) electrons. The average molecular weight is 420 g/mol. The molecule has 0 bridgehead atoms. The summed E-state index contributed by atoms with van der Waals surface area (Å²) in [6.45, 7) is 2.35. The third kappa shape index (κ3) is 4.19. The van der Waals surface area contributed by atoms with Gasteiger partial charge in [-0.05, 0) is 54.7 Å². The van der Waals surface area contributed by atoms with Crippen molar-refractivity contribution >= 4 is 17.5 Å². The van der Waals surface area contributed by atoms with Gasteiger partial charge >= 0.3 is 0 Å². The number of carbonyl (C=O) groups excluding carboxylic acids is 1. The van der Waals surface area contributed by atoms with Crippen LogP contribution < -0.4 is 14.8 Å². The molecule has 0 atom stereocenters. The molecule has 1 fully saturated rings. The van der Waals surface area contributed by atoms with Gasteiger partial charge in [0, 0.05) is 19.8 Å². The summed E-state index contributed by atoms with van der Waals surface area (Å²) < 4.78 is 30.4. The second-order valence-corrected chi connectivity index (χ2v) is 7.72. The summed E-state index contributed by atoms with van der Waals surface area (Å²) >= 11 is 6.29. The number of carbonyl (C=O) groups is 1. The summed E-state index contributed by atoms with van der Waals surface area (Å²) in [4.78, 5) is 13.2. The first kappa shape index (κ1) is 20.0. The van der Waals surface area contributed by atoms with Gasteiger partial charge in [-0.25, -0.2) is 4.39 Å². The van der Waals surface area contributed by atoms with Crippen LogP contribution in [-0.4, -0.2) is 38.9 Å². The second-order valence-electron chi connectivity index (χ2n) is 7.31. The van der Waals surface area contributed by atoms with Crippen molar-refractivity contribution in [3.05, 3.63) is 58.4 Å². The molecule has 2 aliphatic heterocycles. The normalized spacial score (nSPS) is 17.6. The van der Waals surface area contributed by atoms with Gasteiger partial charge in [-0.2, -0.15) is 0 Å². The molecule has 1 amide bonds. The predicted molar refractivity (Wildman–Crippen MR) is 107 cm³/mol. The Kier molecular flexibility index (Phi) is 5.92. The summed E-state index contributed by atoms with van der Waals surface area (Å²) in [6.07, 6.45) is 1.65. The monoisotopic (exact) mass is 419 g/mol. The molecule has 4 rings (SSSR count). The van der Waals surface area contributed by atoms with E-state index in [2.05, 4.69) is 5.32 Å². The number of hydrogen-bond acceptors (Lipinski definition) is 4. The first-order chi connectivity index (χ1) is 14.1. The van der Waals surface area contributed by atoms with Gasteiger partial charge in [0.15, 0.2) is 11.5 Å². The highest BCUT2D eigenvalue weighted by molar-refractivity contribution is 6.32. The van der Waals surface area contributed by atoms with Crippen molar-refractivity contribution in [2.75, 3.05) is 33.0 Å². The highest BCUT2D eigenvalue weighted by atomic mass is 35.5. The van der Waals surface area contributed by atoms with Crippen LogP contribution >= 0.6 is 11.6 Å². The summed E-state index contributed by atoms with van der Waals surface area (Å²) in [7, 11) is 0. The Morgan fingerprint density at radius 2 is 1.90 bits per heavy atom. The zero-order valence-corrected chi connectivity index (χ0v) is 16.8. The molecule has 0 saturated carbocycles. The van der Waals surface area contributed by atoms with E-state index in [0.717, 1.165) is 5.56 Å². The Morgan fingerprint density at radius 3 is 2.69 bits per heavy atom. The van der Waals surface area contributed by atoms with Crippen LogP contribution in [0.1, 0.15) is 24.0 Å². The molecule has 5 nitrogen and oxygen atoms in total. The van der Waals surface area contributed by atoms with Crippen LogP contribution in [0.4, 0.5) is 4.39 Å². The minimum atomic E-state index is -0.773. The molecular formula is C22H23ClFNO4. The third-order valence-electron chi connectivity index (χ3n) is 5.51. The molecule has 0 aliphatic carbocycles. The summed E-state index contributed by atoms with van der Waals surface area (Å²) in [5, 5.41) is 3.53. The molecule has 0 aromatic heterocycles. The molecule has 29 heavy (non-hydrogen) atoms. The second kappa shape index (κ2) is 8.59. The first-order valence-corrected chi connectivity index (χ1v) is 10.2. The highest BCUT2D eigenvalue weighted by Crippen LogP contribution is 2.38. The molecular weight excluding hydrogens is 397 g/mol. The van der Waals surface area contributed by atoms with Crippen LogP contribution in [0.3, 0.4) is 0 Å². The van der Waals surface area contributed by atoms with Crippen LogP contribution in [-0.2, 0) is 21.4 Å². The van der Waals surface area contributed by atoms with E-state index < -0.39 is 5.41 Å². The van der Waals surface area contributed by atoms with Crippen molar-refractivity contribution in [3.8, 4) is 11.5 Å². The lowest BCUT2D eigenvalue weighted by atomic mass is 9.73. The Bertz CT molecular complexity index is 898. The summed E-state index contributed by atoms with van der Waals surface area (Å²) in [5.41, 5.74) is 0.872. The van der Waals surface area contributed by atoms with Crippen LogP contribution in [0.15, 0.2) is 36.4 Å². The number of amides is 1. The number of fused-ring (bicyclic) bond motifs is 1. The Hall–Kier alpha value is -2.31. The van der Waals surface area contributed by atoms with Crippen molar-refractivity contribution < 1.29 is 23.4 Å². The van der Waals surface area contributed by atoms with Gasteiger partial charge in [-0.1, -0.05) is 23.7 Å². The minimum Gasteiger partial charge on any atom is -0.486 e. The average Bonchev–Trinajstić information content (AvgIpc) is 2.74. The van der Waals surface area contributed by atoms with Crippen molar-refractivity contribution in [2.45, 2.75) is 24.7 Å². The maximum Gasteiger partial charge on any atom is 0.230 e. The van der Waals surface area contributed by atoms with Crippen molar-refractivity contribution in [1.82, 2.24) is 5.32 Å². The lowest BCUT2D eigenvalue weighted by molar-refractivity contribution is -0.130. The maximum absolute atomic E-state index is 13.8. The van der Waals surface area contributed by atoms with Gasteiger partial charge in [-0.3, -0.25) is 4.79 Å². The van der Waals surface area contributed by atoms with E-state index in [1.165, 1.54) is 12.1 Å². The summed E-state index contributed by atoms with van der Waals surface area (Å²) in [5.74, 6) is 0.755. The Balaban J connectivity index is 1.46. The Morgan fingerprint density at radius 1 is 1.10 bits per heavy atom. The molecule has 1 saturated heterocycles. The lowest BCUT2D eigenvalue weighted by Gasteiger charge is -2.36. The fraction of sp³-hybridized carbons (Fsp3) is 0.409. The van der Waals surface area contributed by atoms with E-state index in [1.54, 1.807) is 6.07 Å². The van der Waals surface area contributed by atoms with Crippen LogP contribution in [0.5, 0.6) is 11.5 Å². The number of hydrogen-bond donors (Lipinski definition) is 1. The van der Waals surface area contributed by atoms with E-state index in [-0.39, 0.29) is 11.7 Å². The van der Waals surface area contributed by atoms with Gasteiger partial charge in [-0.15, -0.1) is 0 Å². The van der Waals surface area contributed by atoms with Crippen molar-refractivity contribution in [1.29, 1.82) is 0 Å². The van der Waals surface area contributed by atoms with E-state index in [9.17, 15) is 9.18 Å². The van der Waals surface area contributed by atoms with Gasteiger partial charge in [0.05, 0.1) is 10.4 Å². The molecule has 2 aromatic rings. The first-order valence-electron chi connectivity index (χ1n) is 9.79. The standard InChI is InChI=1S/C22H23ClFNO4/c23-18-12-15(13-19-20(18)29-11-10-28-19)4-7-25-21(26)22(5-8-27-9-6-22)16-2-1-3-17(24)14-16/h1-3,12-14H,4-11H2,(H,25,26). The third-order valence-corrected chi connectivity index (χ3v) is 5.79. The number of benzene rings is 2. The van der Waals surface area contributed by atoms with Crippen molar-refractivity contribution in [2.24, 2.45) is 0 Å². The zero-order valence-electron chi connectivity index (χ0n) is 16.0. The molecule has 2 aromatic carbocycles. The maximum atomic E-state index is 13.8. The van der Waals surface area contributed by atoms with Gasteiger partial charge in [0.25, 0.3) is 0 Å². The molecule has 7 heteroatoms. The fourth-order valence-electron chi connectivity index (χ4n) is 3.95. The lowest BCUT2D eigenvalue weighted by Crippen LogP contribution is -2.48. The van der Waals surface area contributed by atoms with Crippen molar-refractivity contribution in [3.63, 3.8) is 0 Å².